The van der Waals surface area contributed by atoms with Crippen molar-refractivity contribution in [1.29, 1.82) is 0 Å². The lowest BCUT2D eigenvalue weighted by molar-refractivity contribution is -0.225. The van der Waals surface area contributed by atoms with Crippen LogP contribution in [0.25, 0.3) is 5.57 Å². The van der Waals surface area contributed by atoms with Crippen molar-refractivity contribution in [2.75, 3.05) is 40.4 Å². The molecule has 1 aromatic carbocycles. The zero-order valence-corrected chi connectivity index (χ0v) is 34.4. The fourth-order valence-corrected chi connectivity index (χ4v) is 13.8. The van der Waals surface area contributed by atoms with Crippen molar-refractivity contribution in [3.63, 3.8) is 0 Å². The third kappa shape index (κ3) is 6.33. The topological polar surface area (TPSA) is 84.9 Å². The monoisotopic (exact) mass is 729 g/mol. The summed E-state index contributed by atoms with van der Waals surface area (Å²) in [4.78, 5) is 40.7. The maximum absolute atomic E-state index is 14.6. The first kappa shape index (κ1) is 39.8. The fraction of sp³-hybridized carbons (Fsp3) is 0.717. The van der Waals surface area contributed by atoms with Gasteiger partial charge >= 0.3 is 11.9 Å². The second kappa shape index (κ2) is 14.6. The van der Waals surface area contributed by atoms with E-state index in [9.17, 15) is 14.4 Å². The van der Waals surface area contributed by atoms with Gasteiger partial charge in [0.25, 0.3) is 0 Å². The molecule has 4 fully saturated rings. The Labute approximate surface area is 320 Å². The van der Waals surface area contributed by atoms with Gasteiger partial charge in [0.2, 0.25) is 5.91 Å². The number of hydrogen-bond acceptors (Lipinski definition) is 6. The molecule has 0 spiro atoms. The Bertz CT molecular complexity index is 1610. The third-order valence-electron chi connectivity index (χ3n) is 16.7. The molecular formula is C46H68N2O5. The number of carbonyl (C=O) groups is 3. The van der Waals surface area contributed by atoms with Crippen LogP contribution in [0, 0.1) is 56.7 Å². The molecule has 0 heterocycles. The van der Waals surface area contributed by atoms with E-state index >= 15 is 0 Å². The summed E-state index contributed by atoms with van der Waals surface area (Å²) in [6.45, 7) is 24.5. The molecule has 6 rings (SSSR count). The van der Waals surface area contributed by atoms with Gasteiger partial charge in [0.05, 0.1) is 31.6 Å². The van der Waals surface area contributed by atoms with Crippen LogP contribution in [-0.4, -0.2) is 63.1 Å². The van der Waals surface area contributed by atoms with E-state index in [0.717, 1.165) is 45.2 Å². The van der Waals surface area contributed by atoms with Crippen LogP contribution in [0.3, 0.4) is 0 Å². The highest BCUT2D eigenvalue weighted by molar-refractivity contribution is 5.90. The van der Waals surface area contributed by atoms with Crippen molar-refractivity contribution < 1.29 is 23.9 Å². The molecule has 1 N–H and O–H groups in total. The highest BCUT2D eigenvalue weighted by Gasteiger charge is 2.71. The number of nitrogens with one attached hydrogen (secondary N) is 1. The van der Waals surface area contributed by atoms with Crippen LogP contribution in [-0.2, 0) is 19.1 Å². The van der Waals surface area contributed by atoms with Crippen LogP contribution in [0.1, 0.15) is 129 Å². The SMILES string of the molecule is C=C(C)[C@@H]1CC[C@]2(C(=O)NCCN(CC)CCC(=O)OC)CC[C@]3(C)[C@H](CC[C@@H]4[C@@]5(C)CC=C(c6ccc(C(=O)OC)cc6)C(C)(C)[C@@H]5CC[C@]43C)[C@@H]12. The van der Waals surface area contributed by atoms with Crippen molar-refractivity contribution in [1.82, 2.24) is 10.2 Å². The van der Waals surface area contributed by atoms with Crippen molar-refractivity contribution in [3.8, 4) is 0 Å². The maximum Gasteiger partial charge on any atom is 0.337 e. The number of nitrogens with zero attached hydrogens (tertiary/aromatic N) is 1. The van der Waals surface area contributed by atoms with Gasteiger partial charge in [-0.15, -0.1) is 0 Å². The van der Waals surface area contributed by atoms with E-state index in [2.05, 4.69) is 83.5 Å². The average Bonchev–Trinajstić information content (AvgIpc) is 3.54. The molecule has 0 aromatic heterocycles. The lowest BCUT2D eigenvalue weighted by Gasteiger charge is -2.72. The van der Waals surface area contributed by atoms with E-state index in [0.29, 0.717) is 54.7 Å². The molecule has 0 radical (unpaired) electrons. The van der Waals surface area contributed by atoms with Gasteiger partial charge in [0.15, 0.2) is 0 Å². The second-order valence-electron chi connectivity index (χ2n) is 19.0. The molecule has 1 amide bonds. The van der Waals surface area contributed by atoms with Crippen LogP contribution in [0.5, 0.6) is 0 Å². The fourth-order valence-electron chi connectivity index (χ4n) is 13.8. The number of amides is 1. The first-order valence-electron chi connectivity index (χ1n) is 20.7. The summed E-state index contributed by atoms with van der Waals surface area (Å²) in [5, 5.41) is 3.44. The molecule has 5 aliphatic carbocycles. The van der Waals surface area contributed by atoms with E-state index in [1.54, 1.807) is 0 Å². The van der Waals surface area contributed by atoms with Gasteiger partial charge in [-0.25, -0.2) is 4.79 Å². The Morgan fingerprint density at radius 3 is 2.23 bits per heavy atom. The Kier molecular flexibility index (Phi) is 11.0. The van der Waals surface area contributed by atoms with E-state index in [1.807, 2.05) is 12.1 Å². The minimum atomic E-state index is -0.338. The Hall–Kier alpha value is -2.93. The average molecular weight is 729 g/mol. The summed E-state index contributed by atoms with van der Waals surface area (Å²) in [6, 6.07) is 8.03. The predicted octanol–water partition coefficient (Wildman–Crippen LogP) is 9.13. The summed E-state index contributed by atoms with van der Waals surface area (Å²) in [5.74, 6) is 2.15. The van der Waals surface area contributed by atoms with E-state index in [-0.39, 0.29) is 44.9 Å². The molecule has 1 aromatic rings. The Balaban J connectivity index is 1.24. The molecule has 0 saturated heterocycles. The predicted molar refractivity (Wildman–Crippen MR) is 212 cm³/mol. The van der Waals surface area contributed by atoms with Crippen LogP contribution in [0.4, 0.5) is 0 Å². The number of benzene rings is 1. The minimum absolute atomic E-state index is 0.00182. The van der Waals surface area contributed by atoms with Crippen LogP contribution in [0.15, 0.2) is 42.5 Å². The van der Waals surface area contributed by atoms with E-state index in [1.165, 1.54) is 56.6 Å². The molecule has 7 heteroatoms. The number of rotatable bonds is 11. The van der Waals surface area contributed by atoms with Crippen LogP contribution < -0.4 is 5.32 Å². The van der Waals surface area contributed by atoms with Gasteiger partial charge in [-0.05, 0) is 146 Å². The number of methoxy groups -OCH3 is 2. The first-order valence-corrected chi connectivity index (χ1v) is 20.7. The molecule has 7 nitrogen and oxygen atoms in total. The lowest BCUT2D eigenvalue weighted by atomic mass is 9.32. The molecule has 4 saturated carbocycles. The van der Waals surface area contributed by atoms with Gasteiger partial charge < -0.3 is 19.7 Å². The van der Waals surface area contributed by atoms with Gasteiger partial charge in [-0.3, -0.25) is 9.59 Å². The minimum Gasteiger partial charge on any atom is -0.469 e. The zero-order chi connectivity index (χ0) is 38.6. The van der Waals surface area contributed by atoms with Gasteiger partial charge in [0.1, 0.15) is 0 Å². The van der Waals surface area contributed by atoms with E-state index < -0.39 is 0 Å². The van der Waals surface area contributed by atoms with Crippen LogP contribution in [0.2, 0.25) is 0 Å². The molecule has 5 aliphatic rings. The second-order valence-corrected chi connectivity index (χ2v) is 19.0. The molecule has 0 unspecified atom stereocenters. The van der Waals surface area contributed by atoms with Gasteiger partial charge in [-0.1, -0.05) is 71.9 Å². The largest absolute Gasteiger partial charge is 0.469 e. The number of likely N-dealkylation sites (N-methyl/N-ethyl adjacent to an activating group) is 1. The summed E-state index contributed by atoms with van der Waals surface area (Å²) < 4.78 is 9.81. The van der Waals surface area contributed by atoms with E-state index in [4.69, 9.17) is 9.47 Å². The van der Waals surface area contributed by atoms with Crippen molar-refractivity contribution in [3.05, 3.63) is 53.6 Å². The zero-order valence-electron chi connectivity index (χ0n) is 34.4. The highest BCUT2D eigenvalue weighted by atomic mass is 16.5. The lowest BCUT2D eigenvalue weighted by Crippen LogP contribution is -2.66. The normalized spacial score (nSPS) is 36.9. The standard InChI is InChI=1S/C46H68N2O5/c1-11-48(28-21-38(49)52-9)29-27-47-41(51)46-24-18-33(30(2)3)39(46)35-16-17-37-43(6)22-19-34(31-12-14-32(15-13-31)40(50)53-10)42(4,5)36(43)20-23-45(37,8)44(35,7)25-26-46/h12-15,19,33,35-37,39H,2,11,16-18,20-29H2,1,3-10H3,(H,47,51)/t33-,35+,36-,37+,39+,43-,44+,45+,46-/m0/s1. The Morgan fingerprint density at radius 1 is 0.868 bits per heavy atom. The number of allylic oxidation sites excluding steroid dienone is 3. The van der Waals surface area contributed by atoms with Gasteiger partial charge in [0, 0.05) is 19.6 Å². The quantitative estimate of drug-likeness (QED) is 0.181. The number of esters is 2. The van der Waals surface area contributed by atoms with Gasteiger partial charge in [-0.2, -0.15) is 0 Å². The highest BCUT2D eigenvalue weighted by Crippen LogP contribution is 2.77. The summed E-state index contributed by atoms with van der Waals surface area (Å²) in [6.07, 6.45) is 12.9. The molecule has 0 aliphatic heterocycles. The first-order chi connectivity index (χ1) is 25.0. The number of hydrogen-bond donors (Lipinski definition) is 1. The summed E-state index contributed by atoms with van der Waals surface area (Å²) in [7, 11) is 2.87. The molecule has 292 valence electrons. The summed E-state index contributed by atoms with van der Waals surface area (Å²) >= 11 is 0. The Morgan fingerprint density at radius 2 is 1.58 bits per heavy atom. The van der Waals surface area contributed by atoms with Crippen molar-refractivity contribution in [2.45, 2.75) is 113 Å². The molecular weight excluding hydrogens is 661 g/mol. The van der Waals surface area contributed by atoms with Crippen LogP contribution >= 0.6 is 0 Å². The smallest absolute Gasteiger partial charge is 0.337 e. The third-order valence-corrected chi connectivity index (χ3v) is 16.7. The molecule has 53 heavy (non-hydrogen) atoms. The number of carbonyl (C=O) groups excluding carboxylic acids is 3. The number of fused-ring (bicyclic) bond motifs is 7. The molecule has 0 bridgehead atoms. The number of ether oxygens (including phenoxy) is 2. The maximum atomic E-state index is 14.6. The van der Waals surface area contributed by atoms with Crippen molar-refractivity contribution in [2.24, 2.45) is 56.7 Å². The van der Waals surface area contributed by atoms with Crippen molar-refractivity contribution >= 4 is 23.4 Å². The molecule has 9 atom stereocenters. The summed E-state index contributed by atoms with van der Waals surface area (Å²) in [5.41, 5.74) is 4.67.